The van der Waals surface area contributed by atoms with Gasteiger partial charge in [-0.1, -0.05) is 0 Å². The third kappa shape index (κ3) is 3.40. The van der Waals surface area contributed by atoms with Gasteiger partial charge in [-0.25, -0.2) is 19.2 Å². The van der Waals surface area contributed by atoms with Crippen LogP contribution in [-0.2, 0) is 4.74 Å². The van der Waals surface area contributed by atoms with Crippen LogP contribution in [0.25, 0.3) is 0 Å². The summed E-state index contributed by atoms with van der Waals surface area (Å²) in [6.45, 7) is 5.89. The lowest BCUT2D eigenvalue weighted by molar-refractivity contribution is 0.0440. The number of carbonyl (C=O) groups excluding carboxylic acids is 1. The molecule has 1 aromatic heterocycles. The SMILES string of the molecule is O=C(N1CCOCC1)N1CCC2(CCCN(c3ncc(F)cn3)C2)C1. The molecule has 0 saturated carbocycles. The summed E-state index contributed by atoms with van der Waals surface area (Å²) in [5.74, 6) is 0.164. The molecule has 136 valence electrons. The Bertz CT molecular complexity index is 622. The Hall–Kier alpha value is -1.96. The first-order valence-electron chi connectivity index (χ1n) is 8.99. The van der Waals surface area contributed by atoms with Crippen molar-refractivity contribution in [3.8, 4) is 0 Å². The molecule has 3 aliphatic rings. The number of nitrogens with zero attached hydrogens (tertiary/aromatic N) is 5. The molecule has 0 radical (unpaired) electrons. The van der Waals surface area contributed by atoms with Gasteiger partial charge in [-0.05, 0) is 19.3 Å². The van der Waals surface area contributed by atoms with Crippen molar-refractivity contribution < 1.29 is 13.9 Å². The number of amides is 2. The average Bonchev–Trinajstić information content (AvgIpc) is 3.05. The van der Waals surface area contributed by atoms with Gasteiger partial charge in [0.05, 0.1) is 25.6 Å². The second kappa shape index (κ2) is 6.74. The summed E-state index contributed by atoms with van der Waals surface area (Å²) in [5, 5.41) is 0. The summed E-state index contributed by atoms with van der Waals surface area (Å²) >= 11 is 0. The van der Waals surface area contributed by atoms with Crippen molar-refractivity contribution in [1.82, 2.24) is 19.8 Å². The zero-order valence-electron chi connectivity index (χ0n) is 14.4. The van der Waals surface area contributed by atoms with Crippen LogP contribution in [-0.4, -0.2) is 78.3 Å². The van der Waals surface area contributed by atoms with E-state index in [4.69, 9.17) is 4.74 Å². The monoisotopic (exact) mass is 349 g/mol. The van der Waals surface area contributed by atoms with Crippen molar-refractivity contribution in [2.24, 2.45) is 5.41 Å². The highest BCUT2D eigenvalue weighted by Crippen LogP contribution is 2.40. The number of hydrogen-bond acceptors (Lipinski definition) is 5. The Labute approximate surface area is 146 Å². The zero-order valence-corrected chi connectivity index (χ0v) is 14.4. The molecule has 2 amide bonds. The molecule has 25 heavy (non-hydrogen) atoms. The number of carbonyl (C=O) groups is 1. The maximum absolute atomic E-state index is 13.1. The Kier molecular flexibility index (Phi) is 4.45. The van der Waals surface area contributed by atoms with Crippen molar-refractivity contribution >= 4 is 12.0 Å². The smallest absolute Gasteiger partial charge is 0.320 e. The minimum atomic E-state index is -0.418. The summed E-state index contributed by atoms with van der Waals surface area (Å²) in [7, 11) is 0. The third-order valence-electron chi connectivity index (χ3n) is 5.54. The first kappa shape index (κ1) is 16.5. The number of likely N-dealkylation sites (tertiary alicyclic amines) is 1. The minimum absolute atomic E-state index is 0.0952. The van der Waals surface area contributed by atoms with Crippen LogP contribution in [0.1, 0.15) is 19.3 Å². The molecule has 3 aliphatic heterocycles. The molecule has 0 aliphatic carbocycles. The van der Waals surface area contributed by atoms with Crippen LogP contribution in [0.2, 0.25) is 0 Å². The molecule has 3 saturated heterocycles. The molecule has 3 fully saturated rings. The number of morpholine rings is 1. The number of anilines is 1. The van der Waals surface area contributed by atoms with Crippen LogP contribution in [0, 0.1) is 11.2 Å². The summed E-state index contributed by atoms with van der Waals surface area (Å²) in [6, 6.07) is 0.135. The first-order chi connectivity index (χ1) is 12.2. The summed E-state index contributed by atoms with van der Waals surface area (Å²) in [6.07, 6.45) is 5.58. The van der Waals surface area contributed by atoms with Crippen molar-refractivity contribution in [3.05, 3.63) is 18.2 Å². The van der Waals surface area contributed by atoms with Gasteiger partial charge < -0.3 is 19.4 Å². The van der Waals surface area contributed by atoms with E-state index in [-0.39, 0.29) is 11.4 Å². The van der Waals surface area contributed by atoms with E-state index >= 15 is 0 Å². The fourth-order valence-corrected chi connectivity index (χ4v) is 4.23. The molecule has 4 rings (SSSR count). The lowest BCUT2D eigenvalue weighted by Crippen LogP contribution is -2.50. The molecule has 0 bridgehead atoms. The fraction of sp³-hybridized carbons (Fsp3) is 0.706. The largest absolute Gasteiger partial charge is 0.378 e. The fourth-order valence-electron chi connectivity index (χ4n) is 4.23. The quantitative estimate of drug-likeness (QED) is 0.766. The Morgan fingerprint density at radius 2 is 1.80 bits per heavy atom. The van der Waals surface area contributed by atoms with E-state index in [1.54, 1.807) is 0 Å². The molecule has 4 heterocycles. The normalized spacial score (nSPS) is 27.2. The lowest BCUT2D eigenvalue weighted by atomic mass is 9.79. The highest BCUT2D eigenvalue weighted by atomic mass is 19.1. The number of urea groups is 1. The molecule has 7 nitrogen and oxygen atoms in total. The maximum Gasteiger partial charge on any atom is 0.320 e. The second-order valence-corrected chi connectivity index (χ2v) is 7.28. The van der Waals surface area contributed by atoms with Crippen LogP contribution < -0.4 is 4.90 Å². The topological polar surface area (TPSA) is 61.8 Å². The predicted octanol–water partition coefficient (Wildman–Crippen LogP) is 1.36. The van der Waals surface area contributed by atoms with Gasteiger partial charge in [0.15, 0.2) is 5.82 Å². The number of aromatic nitrogens is 2. The molecular formula is C17H24FN5O2. The molecular weight excluding hydrogens is 325 g/mol. The molecule has 8 heteroatoms. The molecule has 1 atom stereocenters. The third-order valence-corrected chi connectivity index (χ3v) is 5.54. The van der Waals surface area contributed by atoms with Gasteiger partial charge in [0.2, 0.25) is 5.95 Å². The molecule has 0 N–H and O–H groups in total. The van der Waals surface area contributed by atoms with Crippen LogP contribution in [0.3, 0.4) is 0 Å². The number of ether oxygens (including phenoxy) is 1. The van der Waals surface area contributed by atoms with Gasteiger partial charge in [-0.3, -0.25) is 0 Å². The zero-order chi connectivity index (χ0) is 17.3. The van der Waals surface area contributed by atoms with Gasteiger partial charge in [-0.15, -0.1) is 0 Å². The average molecular weight is 349 g/mol. The minimum Gasteiger partial charge on any atom is -0.378 e. The first-order valence-corrected chi connectivity index (χ1v) is 8.99. The van der Waals surface area contributed by atoms with Gasteiger partial charge in [0.1, 0.15) is 0 Å². The van der Waals surface area contributed by atoms with E-state index in [9.17, 15) is 9.18 Å². The Balaban J connectivity index is 1.42. The van der Waals surface area contributed by atoms with E-state index in [2.05, 4.69) is 14.9 Å². The van der Waals surface area contributed by atoms with Gasteiger partial charge >= 0.3 is 6.03 Å². The standard InChI is InChI=1S/C17H24FN5O2/c18-14-10-19-15(20-11-14)22-4-1-2-17(12-22)3-5-23(13-17)16(24)21-6-8-25-9-7-21/h10-11H,1-9,12-13H2. The van der Waals surface area contributed by atoms with Crippen molar-refractivity contribution in [1.29, 1.82) is 0 Å². The van der Waals surface area contributed by atoms with Crippen LogP contribution in [0.15, 0.2) is 12.4 Å². The van der Waals surface area contributed by atoms with Crippen LogP contribution in [0.4, 0.5) is 15.1 Å². The Morgan fingerprint density at radius 1 is 1.04 bits per heavy atom. The highest BCUT2D eigenvalue weighted by molar-refractivity contribution is 5.75. The summed E-state index contributed by atoms with van der Waals surface area (Å²) in [4.78, 5) is 27.0. The second-order valence-electron chi connectivity index (χ2n) is 7.28. The molecule has 1 spiro atoms. The van der Waals surface area contributed by atoms with Gasteiger partial charge in [-0.2, -0.15) is 0 Å². The van der Waals surface area contributed by atoms with Gasteiger partial charge in [0.25, 0.3) is 0 Å². The molecule has 1 unspecified atom stereocenters. The van der Waals surface area contributed by atoms with E-state index in [0.717, 1.165) is 45.4 Å². The number of piperidine rings is 1. The van der Waals surface area contributed by atoms with Crippen LogP contribution in [0.5, 0.6) is 0 Å². The van der Waals surface area contributed by atoms with E-state index in [0.29, 0.717) is 32.3 Å². The maximum atomic E-state index is 13.1. The predicted molar refractivity (Wildman–Crippen MR) is 89.8 cm³/mol. The molecule has 0 aromatic carbocycles. The summed E-state index contributed by atoms with van der Waals surface area (Å²) < 4.78 is 18.4. The van der Waals surface area contributed by atoms with E-state index < -0.39 is 5.82 Å². The van der Waals surface area contributed by atoms with E-state index in [1.807, 2.05) is 9.80 Å². The number of rotatable bonds is 1. The van der Waals surface area contributed by atoms with Crippen LogP contribution >= 0.6 is 0 Å². The van der Waals surface area contributed by atoms with Gasteiger partial charge in [0, 0.05) is 44.7 Å². The number of halogens is 1. The number of hydrogen-bond donors (Lipinski definition) is 0. The highest BCUT2D eigenvalue weighted by Gasteiger charge is 2.44. The molecule has 1 aromatic rings. The van der Waals surface area contributed by atoms with Crippen molar-refractivity contribution in [2.75, 3.05) is 57.4 Å². The van der Waals surface area contributed by atoms with Crippen molar-refractivity contribution in [2.45, 2.75) is 19.3 Å². The van der Waals surface area contributed by atoms with Crippen molar-refractivity contribution in [3.63, 3.8) is 0 Å². The summed E-state index contributed by atoms with van der Waals surface area (Å²) in [5.41, 5.74) is 0.0952. The van der Waals surface area contributed by atoms with E-state index in [1.165, 1.54) is 12.4 Å². The lowest BCUT2D eigenvalue weighted by Gasteiger charge is -2.40. The Morgan fingerprint density at radius 3 is 2.56 bits per heavy atom.